The Kier molecular flexibility index (Phi) is 1.93. The van der Waals surface area contributed by atoms with Crippen LogP contribution in [0.2, 0.25) is 0 Å². The molecule has 0 saturated heterocycles. The van der Waals surface area contributed by atoms with Crippen LogP contribution in [0.25, 0.3) is 0 Å². The molecule has 0 aromatic rings. The van der Waals surface area contributed by atoms with E-state index in [1.807, 2.05) is 6.08 Å². The van der Waals surface area contributed by atoms with Crippen molar-refractivity contribution in [3.05, 3.63) is 12.7 Å². The van der Waals surface area contributed by atoms with Gasteiger partial charge in [-0.05, 0) is 30.1 Å². The molecule has 2 rings (SSSR count). The fraction of sp³-hybridized carbons (Fsp3) is 0.769. The van der Waals surface area contributed by atoms with Gasteiger partial charge in [-0.1, -0.05) is 26.8 Å². The van der Waals surface area contributed by atoms with E-state index in [0.29, 0.717) is 5.78 Å². The Labute approximate surface area is 86.6 Å². The summed E-state index contributed by atoms with van der Waals surface area (Å²) in [5.41, 5.74) is 0.475. The Bertz CT molecular complexity index is 290. The van der Waals surface area contributed by atoms with Gasteiger partial charge < -0.3 is 0 Å². The maximum atomic E-state index is 12.2. The minimum atomic E-state index is 0.129. The summed E-state index contributed by atoms with van der Waals surface area (Å²) in [6.07, 6.45) is 5.29. The van der Waals surface area contributed by atoms with Gasteiger partial charge in [0.2, 0.25) is 0 Å². The summed E-state index contributed by atoms with van der Waals surface area (Å²) in [6, 6.07) is 0. The largest absolute Gasteiger partial charge is 0.299 e. The molecule has 14 heavy (non-hydrogen) atoms. The second-order valence-corrected chi connectivity index (χ2v) is 6.02. The molecule has 0 amide bonds. The number of fused-ring (bicyclic) bond motifs is 1. The quantitative estimate of drug-likeness (QED) is 0.583. The average molecular weight is 192 g/mol. The van der Waals surface area contributed by atoms with E-state index in [2.05, 4.69) is 27.4 Å². The van der Waals surface area contributed by atoms with Gasteiger partial charge >= 0.3 is 0 Å². The van der Waals surface area contributed by atoms with Crippen LogP contribution in [0.4, 0.5) is 0 Å². The van der Waals surface area contributed by atoms with Gasteiger partial charge in [0.1, 0.15) is 5.78 Å². The molecule has 0 radical (unpaired) electrons. The monoisotopic (exact) mass is 192 g/mol. The molecule has 0 aromatic carbocycles. The van der Waals surface area contributed by atoms with Crippen molar-refractivity contribution >= 4 is 5.78 Å². The number of hydrogen-bond acceptors (Lipinski definition) is 1. The summed E-state index contributed by atoms with van der Waals surface area (Å²) in [6.45, 7) is 10.5. The van der Waals surface area contributed by atoms with Crippen LogP contribution in [0.5, 0.6) is 0 Å². The number of Topliss-reactive ketones (excluding diaryl/α,β-unsaturated/α-hetero) is 1. The molecule has 0 aliphatic heterocycles. The van der Waals surface area contributed by atoms with E-state index in [1.54, 1.807) is 0 Å². The lowest BCUT2D eigenvalue weighted by atomic mass is 9.73. The molecule has 0 N–H and O–H groups in total. The fourth-order valence-corrected chi connectivity index (χ4v) is 3.80. The zero-order valence-corrected chi connectivity index (χ0v) is 9.47. The zero-order valence-electron chi connectivity index (χ0n) is 9.47. The molecule has 0 bridgehead atoms. The minimum Gasteiger partial charge on any atom is -0.299 e. The lowest BCUT2D eigenvalue weighted by molar-refractivity contribution is -0.126. The van der Waals surface area contributed by atoms with Crippen LogP contribution in [0.1, 0.15) is 40.0 Å². The van der Waals surface area contributed by atoms with Gasteiger partial charge in [-0.15, -0.1) is 6.58 Å². The van der Waals surface area contributed by atoms with Gasteiger partial charge in [-0.2, -0.15) is 0 Å². The third kappa shape index (κ3) is 1.11. The van der Waals surface area contributed by atoms with Crippen molar-refractivity contribution in [2.45, 2.75) is 40.0 Å². The molecule has 78 valence electrons. The lowest BCUT2D eigenvalue weighted by Gasteiger charge is -2.29. The van der Waals surface area contributed by atoms with Gasteiger partial charge in [0.15, 0.2) is 0 Å². The SMILES string of the molecule is C=CC1C[C@]2(C)CCC(C)(C)[C@@H]2C1=O. The summed E-state index contributed by atoms with van der Waals surface area (Å²) in [5.74, 6) is 0.854. The van der Waals surface area contributed by atoms with Crippen molar-refractivity contribution in [1.82, 2.24) is 0 Å². The van der Waals surface area contributed by atoms with Crippen molar-refractivity contribution in [3.63, 3.8) is 0 Å². The van der Waals surface area contributed by atoms with Crippen LogP contribution in [-0.2, 0) is 4.79 Å². The Balaban J connectivity index is 2.38. The highest BCUT2D eigenvalue weighted by molar-refractivity contribution is 5.89. The predicted molar refractivity (Wildman–Crippen MR) is 57.9 cm³/mol. The highest BCUT2D eigenvalue weighted by Gasteiger charge is 2.59. The number of rotatable bonds is 1. The first-order chi connectivity index (χ1) is 6.41. The van der Waals surface area contributed by atoms with Crippen molar-refractivity contribution in [2.24, 2.45) is 22.7 Å². The number of ketones is 1. The Morgan fingerprint density at radius 2 is 2.00 bits per heavy atom. The van der Waals surface area contributed by atoms with E-state index in [4.69, 9.17) is 0 Å². The number of carbonyl (C=O) groups is 1. The normalized spacial score (nSPS) is 45.2. The van der Waals surface area contributed by atoms with E-state index in [1.165, 1.54) is 12.8 Å². The molecule has 1 heteroatoms. The van der Waals surface area contributed by atoms with Crippen LogP contribution in [-0.4, -0.2) is 5.78 Å². The fourth-order valence-electron chi connectivity index (χ4n) is 3.80. The van der Waals surface area contributed by atoms with E-state index < -0.39 is 0 Å². The van der Waals surface area contributed by atoms with Gasteiger partial charge in [0.05, 0.1) is 0 Å². The van der Waals surface area contributed by atoms with Crippen LogP contribution in [0, 0.1) is 22.7 Å². The van der Waals surface area contributed by atoms with E-state index >= 15 is 0 Å². The zero-order chi connectivity index (χ0) is 10.6. The summed E-state index contributed by atoms with van der Waals surface area (Å²) in [4.78, 5) is 12.2. The van der Waals surface area contributed by atoms with Crippen molar-refractivity contribution in [1.29, 1.82) is 0 Å². The lowest BCUT2D eigenvalue weighted by Crippen LogP contribution is -2.30. The first-order valence-corrected chi connectivity index (χ1v) is 5.57. The van der Waals surface area contributed by atoms with Crippen molar-refractivity contribution < 1.29 is 4.79 Å². The highest BCUT2D eigenvalue weighted by atomic mass is 16.1. The van der Waals surface area contributed by atoms with Crippen LogP contribution in [0.15, 0.2) is 12.7 Å². The number of hydrogen-bond donors (Lipinski definition) is 0. The van der Waals surface area contributed by atoms with Gasteiger partial charge in [0.25, 0.3) is 0 Å². The maximum absolute atomic E-state index is 12.2. The molecule has 1 nitrogen and oxygen atoms in total. The molecule has 3 atom stereocenters. The topological polar surface area (TPSA) is 17.1 Å². The van der Waals surface area contributed by atoms with E-state index in [-0.39, 0.29) is 22.7 Å². The smallest absolute Gasteiger partial charge is 0.143 e. The maximum Gasteiger partial charge on any atom is 0.143 e. The predicted octanol–water partition coefficient (Wildman–Crippen LogP) is 3.20. The Hall–Kier alpha value is -0.590. The molecule has 2 aliphatic carbocycles. The van der Waals surface area contributed by atoms with E-state index in [9.17, 15) is 4.79 Å². The summed E-state index contributed by atoms with van der Waals surface area (Å²) >= 11 is 0. The number of carbonyl (C=O) groups excluding carboxylic acids is 1. The molecule has 0 aromatic heterocycles. The first kappa shape index (κ1) is 9.95. The summed E-state index contributed by atoms with van der Waals surface area (Å²) in [7, 11) is 0. The molecule has 2 saturated carbocycles. The molecule has 2 fully saturated rings. The molecule has 0 spiro atoms. The van der Waals surface area contributed by atoms with Crippen LogP contribution < -0.4 is 0 Å². The third-order valence-electron chi connectivity index (χ3n) is 4.44. The Morgan fingerprint density at radius 1 is 1.36 bits per heavy atom. The molecule has 0 heterocycles. The molecular formula is C13H20O. The Morgan fingerprint density at radius 3 is 2.50 bits per heavy atom. The van der Waals surface area contributed by atoms with Crippen molar-refractivity contribution in [2.75, 3.05) is 0 Å². The second kappa shape index (κ2) is 2.71. The van der Waals surface area contributed by atoms with Crippen molar-refractivity contribution in [3.8, 4) is 0 Å². The second-order valence-electron chi connectivity index (χ2n) is 6.02. The molecule has 2 aliphatic rings. The minimum absolute atomic E-state index is 0.129. The average Bonchev–Trinajstić information content (AvgIpc) is 2.48. The van der Waals surface area contributed by atoms with Crippen LogP contribution >= 0.6 is 0 Å². The summed E-state index contributed by atoms with van der Waals surface area (Å²) in [5, 5.41) is 0. The highest BCUT2D eigenvalue weighted by Crippen LogP contribution is 2.61. The third-order valence-corrected chi connectivity index (χ3v) is 4.44. The van der Waals surface area contributed by atoms with Gasteiger partial charge in [-0.3, -0.25) is 4.79 Å². The van der Waals surface area contributed by atoms with E-state index in [0.717, 1.165) is 6.42 Å². The molecule has 1 unspecified atom stereocenters. The standard InChI is InChI=1S/C13H20O/c1-5-9-8-13(4)7-6-12(2,3)11(13)10(9)14/h5,9,11H,1,6-8H2,2-4H3/t9?,11-,13-/m0/s1. The number of allylic oxidation sites excluding steroid dienone is 1. The summed E-state index contributed by atoms with van der Waals surface area (Å²) < 4.78 is 0. The molecular weight excluding hydrogens is 172 g/mol. The first-order valence-electron chi connectivity index (χ1n) is 5.57. The van der Waals surface area contributed by atoms with Gasteiger partial charge in [-0.25, -0.2) is 0 Å². The van der Waals surface area contributed by atoms with Gasteiger partial charge in [0, 0.05) is 11.8 Å². The van der Waals surface area contributed by atoms with Crippen LogP contribution in [0.3, 0.4) is 0 Å².